The van der Waals surface area contributed by atoms with Crippen molar-refractivity contribution in [3.8, 4) is 22.6 Å². The lowest BCUT2D eigenvalue weighted by atomic mass is 9.77. The van der Waals surface area contributed by atoms with Crippen LogP contribution in [-0.4, -0.2) is 107 Å². The molecule has 5 aliphatic rings. The van der Waals surface area contributed by atoms with Crippen LogP contribution in [0.25, 0.3) is 22.0 Å². The lowest BCUT2D eigenvalue weighted by molar-refractivity contribution is -0.136. The van der Waals surface area contributed by atoms with Gasteiger partial charge in [0.05, 0.1) is 22.6 Å². The number of amides is 5. The van der Waals surface area contributed by atoms with Crippen LogP contribution in [0, 0.1) is 34.6 Å². The summed E-state index contributed by atoms with van der Waals surface area (Å²) in [6.07, 6.45) is 8.52. The van der Waals surface area contributed by atoms with Crippen LogP contribution >= 0.6 is 11.6 Å². The van der Waals surface area contributed by atoms with E-state index in [0.29, 0.717) is 57.4 Å². The van der Waals surface area contributed by atoms with Gasteiger partial charge in [-0.1, -0.05) is 55.8 Å². The third-order valence-corrected chi connectivity index (χ3v) is 16.7. The first kappa shape index (κ1) is 52.7. The number of nitrogens with zero attached hydrogens (tertiary/aromatic N) is 5. The largest absolute Gasteiger partial charge is 0.488 e. The number of piperidine rings is 1. The molecule has 4 aromatic carbocycles. The number of aliphatic hydroxyl groups is 1. The Morgan fingerprint density at radius 3 is 2.39 bits per heavy atom. The number of aryl methyl sites for hydroxylation is 1. The molecule has 1 unspecified atom stereocenters. The van der Waals surface area contributed by atoms with Crippen LogP contribution in [0.3, 0.4) is 0 Å². The predicted octanol–water partition coefficient (Wildman–Crippen LogP) is 8.54. The number of nitrogens with two attached hydrogens (primary N) is 1. The molecule has 20 heteroatoms. The van der Waals surface area contributed by atoms with Crippen molar-refractivity contribution in [3.05, 3.63) is 117 Å². The van der Waals surface area contributed by atoms with E-state index in [4.69, 9.17) is 26.8 Å². The number of hydrogen-bond donors (Lipinski definition) is 4. The van der Waals surface area contributed by atoms with E-state index in [-0.39, 0.29) is 99.2 Å². The lowest BCUT2D eigenvalue weighted by Gasteiger charge is -2.38. The van der Waals surface area contributed by atoms with E-state index < -0.39 is 64.3 Å². The Hall–Kier alpha value is -6.70. The highest BCUT2D eigenvalue weighted by atomic mass is 35.5. The molecule has 76 heavy (non-hydrogen) atoms. The van der Waals surface area contributed by atoms with Crippen molar-refractivity contribution in [2.45, 2.75) is 88.7 Å². The maximum absolute atomic E-state index is 16.5. The molecule has 3 saturated heterocycles. The fourth-order valence-corrected chi connectivity index (χ4v) is 12.7. The van der Waals surface area contributed by atoms with Gasteiger partial charge in [-0.05, 0) is 105 Å². The zero-order chi connectivity index (χ0) is 53.8. The number of imide groups is 1. The van der Waals surface area contributed by atoms with Gasteiger partial charge in [-0.3, -0.25) is 29.3 Å². The van der Waals surface area contributed by atoms with Crippen molar-refractivity contribution in [1.29, 1.82) is 0 Å². The van der Waals surface area contributed by atoms with E-state index >= 15 is 17.6 Å². The van der Waals surface area contributed by atoms with Gasteiger partial charge in [-0.2, -0.15) is 5.10 Å². The second-order valence-electron chi connectivity index (χ2n) is 21.3. The van der Waals surface area contributed by atoms with Gasteiger partial charge in [0.2, 0.25) is 17.7 Å². The van der Waals surface area contributed by atoms with Gasteiger partial charge in [0.25, 0.3) is 0 Å². The summed E-state index contributed by atoms with van der Waals surface area (Å²) in [7, 11) is 1.55. The number of anilines is 1. The summed E-state index contributed by atoms with van der Waals surface area (Å²) in [5, 5.41) is 19.2. The minimum atomic E-state index is -1.25. The topological polar surface area (TPSA) is 185 Å². The molecule has 10 rings (SSSR count). The number of nitrogens with one attached hydrogen (secondary N) is 2. The van der Waals surface area contributed by atoms with Crippen molar-refractivity contribution in [3.63, 3.8) is 0 Å². The molecule has 5 N–H and O–H groups in total. The van der Waals surface area contributed by atoms with Gasteiger partial charge in [-0.25, -0.2) is 22.4 Å². The van der Waals surface area contributed by atoms with Crippen LogP contribution in [0.15, 0.2) is 66.9 Å². The number of urea groups is 1. The van der Waals surface area contributed by atoms with Gasteiger partial charge in [0, 0.05) is 85.8 Å². The maximum Gasteiger partial charge on any atom is 0.329 e. The minimum Gasteiger partial charge on any atom is -0.488 e. The van der Waals surface area contributed by atoms with Crippen molar-refractivity contribution < 1.29 is 51.3 Å². The maximum atomic E-state index is 16.5. The van der Waals surface area contributed by atoms with Crippen LogP contribution in [0.2, 0.25) is 5.02 Å². The average Bonchev–Trinajstić information content (AvgIpc) is 4.07. The predicted molar refractivity (Wildman–Crippen MR) is 277 cm³/mol. The van der Waals surface area contributed by atoms with Gasteiger partial charge in [0.1, 0.15) is 29.5 Å². The molecule has 5 aromatic rings. The minimum absolute atomic E-state index is 0.0220. The summed E-state index contributed by atoms with van der Waals surface area (Å²) >= 11 is 6.70. The number of rotatable bonds is 14. The number of halogens is 5. The normalized spacial score (nSPS) is 24.3. The van der Waals surface area contributed by atoms with Crippen LogP contribution in [-0.2, 0) is 22.2 Å². The summed E-state index contributed by atoms with van der Waals surface area (Å²) in [6.45, 7) is 6.79. The van der Waals surface area contributed by atoms with Gasteiger partial charge < -0.3 is 35.4 Å². The summed E-state index contributed by atoms with van der Waals surface area (Å²) in [5.41, 5.74) is 4.87. The highest BCUT2D eigenvalue weighted by Gasteiger charge is 2.49. The first-order valence-electron chi connectivity index (χ1n) is 26.0. The molecule has 5 heterocycles. The van der Waals surface area contributed by atoms with Crippen LogP contribution < -0.4 is 30.7 Å². The first-order chi connectivity index (χ1) is 36.4. The molecule has 0 spiro atoms. The smallest absolute Gasteiger partial charge is 0.329 e. The van der Waals surface area contributed by atoms with E-state index in [2.05, 4.69) is 27.6 Å². The van der Waals surface area contributed by atoms with E-state index in [9.17, 15) is 24.3 Å². The Balaban J connectivity index is 0.763. The fraction of sp³-hybridized carbons (Fsp3) is 0.446. The number of hydrogen-bond acceptors (Lipinski definition) is 10. The summed E-state index contributed by atoms with van der Waals surface area (Å²) < 4.78 is 78.0. The first-order valence-corrected chi connectivity index (χ1v) is 26.3. The van der Waals surface area contributed by atoms with Gasteiger partial charge in [-0.15, -0.1) is 0 Å². The molecular weight excluding hydrogens is 1010 g/mol. The number of primary amides is 1. The zero-order valence-corrected chi connectivity index (χ0v) is 43.3. The molecule has 402 valence electrons. The summed E-state index contributed by atoms with van der Waals surface area (Å²) in [4.78, 5) is 56.7. The average molecular weight is 1070 g/mol. The quantitative estimate of drug-likeness (QED) is 0.0787. The number of aromatic nitrogens is 2. The van der Waals surface area contributed by atoms with Crippen LogP contribution in [0.5, 0.6) is 11.5 Å². The van der Waals surface area contributed by atoms with E-state index in [1.54, 1.807) is 7.05 Å². The highest BCUT2D eigenvalue weighted by molar-refractivity contribution is 6.34. The molecule has 1 saturated carbocycles. The third kappa shape index (κ3) is 9.63. The molecule has 0 radical (unpaired) electrons. The van der Waals surface area contributed by atoms with Crippen LogP contribution in [0.1, 0.15) is 104 Å². The fourth-order valence-electron chi connectivity index (χ4n) is 12.4. The van der Waals surface area contributed by atoms with Crippen molar-refractivity contribution in [2.24, 2.45) is 24.1 Å². The third-order valence-electron chi connectivity index (χ3n) is 16.3. The lowest BCUT2D eigenvalue weighted by Crippen LogP contribution is -2.49. The Kier molecular flexibility index (Phi) is 14.6. The van der Waals surface area contributed by atoms with Gasteiger partial charge >= 0.3 is 6.03 Å². The Labute approximate surface area is 442 Å². The van der Waals surface area contributed by atoms with Crippen LogP contribution in [0.4, 0.5) is 28.2 Å². The number of ether oxygens (including phenoxy) is 2. The monoisotopic (exact) mass is 1070 g/mol. The molecule has 5 amide bonds. The summed E-state index contributed by atoms with van der Waals surface area (Å²) in [5.74, 6) is -5.69. The zero-order valence-electron chi connectivity index (χ0n) is 42.6. The SMILES string of the molecule is C[C@H]1c2c(cc(F)c(Cl)c2-c2c(C(N)=O)ccc(OCCO)c2F)O[C@]1(/C=C\NC1CCC(C(=O)N2CCC(C)(CN3CCC(c4c(F)cc5c(N6CCC(=O)NC6=O)nn(C)c5c4F)CC3)C2)CC1)c1ccccc1. The van der Waals surface area contributed by atoms with E-state index in [0.717, 1.165) is 37.4 Å². The molecule has 15 nitrogen and oxygen atoms in total. The summed E-state index contributed by atoms with van der Waals surface area (Å²) in [6, 6.07) is 13.6. The Morgan fingerprint density at radius 2 is 1.70 bits per heavy atom. The molecule has 4 aliphatic heterocycles. The molecule has 0 bridgehead atoms. The standard InChI is InChI=1S/C56H61ClF4N8O7/c1-31-43-41(28-39(59)47(57)46(43)45-36(51(62)72)13-14-40(48(45)60)75-26-25-70)76-56(31,34-7-5-4-6-8-34)18-20-63-35-11-9-33(10-12-35)53(73)68-24-19-55(2,30-68)29-67-21-15-32(16-22-67)44-38(58)27-37-50(49(44)61)66(3)65-52(37)69-23-17-42(71)64-54(69)74/h4-8,13-14,18,20,27-28,31-33,35,63,70H,9-12,15-17,19,21-26,29-30H2,1-3H3,(H2,62,72)(H,64,71,74)/b20-18-/t31-,33?,35?,55?,56-/m0/s1. The number of aliphatic hydroxyl groups excluding tert-OH is 1. The molecular formula is C56H61ClF4N8O7. The number of fused-ring (bicyclic) bond motifs is 2. The molecule has 1 aromatic heterocycles. The number of carbonyl (C=O) groups is 4. The van der Waals surface area contributed by atoms with Crippen molar-refractivity contribution in [1.82, 2.24) is 30.2 Å². The highest BCUT2D eigenvalue weighted by Crippen LogP contribution is 2.57. The number of benzene rings is 4. The van der Waals surface area contributed by atoms with E-state index in [1.807, 2.05) is 54.4 Å². The van der Waals surface area contributed by atoms with Crippen molar-refractivity contribution in [2.75, 3.05) is 57.4 Å². The van der Waals surface area contributed by atoms with Gasteiger partial charge in [0.15, 0.2) is 28.8 Å². The molecule has 4 fully saturated rings. The Bertz CT molecular complexity index is 3140. The van der Waals surface area contributed by atoms with E-state index in [1.165, 1.54) is 27.8 Å². The second kappa shape index (κ2) is 21.0. The Morgan fingerprint density at radius 1 is 0.961 bits per heavy atom. The second-order valence-corrected chi connectivity index (χ2v) is 21.7. The van der Waals surface area contributed by atoms with Crippen molar-refractivity contribution >= 4 is 52.1 Å². The number of carbonyl (C=O) groups excluding carboxylic acids is 4. The molecule has 3 atom stereocenters. The molecule has 1 aliphatic carbocycles. The number of likely N-dealkylation sites (tertiary alicyclic amines) is 2.